The molecule has 2 aromatic rings. The third-order valence-electron chi connectivity index (χ3n) is 3.13. The topological polar surface area (TPSA) is 71.1 Å². The first-order valence-electron chi connectivity index (χ1n) is 7.10. The van der Waals surface area contributed by atoms with Crippen LogP contribution in [-0.2, 0) is 9.53 Å². The Balaban J connectivity index is 2.06. The molecule has 9 heteroatoms. The summed E-state index contributed by atoms with van der Waals surface area (Å²) in [6, 6.07) is 7.04. The van der Waals surface area contributed by atoms with Crippen molar-refractivity contribution in [2.75, 3.05) is 20.8 Å². The highest BCUT2D eigenvalue weighted by atomic mass is 35.5. The van der Waals surface area contributed by atoms with E-state index in [0.717, 1.165) is 0 Å². The second kappa shape index (κ2) is 8.98. The monoisotopic (exact) mass is 418 g/mol. The van der Waals surface area contributed by atoms with Gasteiger partial charge in [-0.2, -0.15) is 0 Å². The summed E-state index contributed by atoms with van der Waals surface area (Å²) in [4.78, 5) is 23.5. The molecule has 26 heavy (non-hydrogen) atoms. The second-order valence-electron chi connectivity index (χ2n) is 4.82. The van der Waals surface area contributed by atoms with Crippen molar-refractivity contribution in [3.63, 3.8) is 0 Å². The van der Waals surface area contributed by atoms with Crippen LogP contribution < -0.4 is 14.2 Å². The lowest BCUT2D eigenvalue weighted by Gasteiger charge is -2.12. The predicted molar refractivity (Wildman–Crippen MR) is 96.9 cm³/mol. The van der Waals surface area contributed by atoms with Crippen LogP contribution in [0.15, 0.2) is 30.3 Å². The fourth-order valence-electron chi connectivity index (χ4n) is 1.90. The lowest BCUT2D eigenvalue weighted by atomic mass is 10.2. The van der Waals surface area contributed by atoms with Gasteiger partial charge in [-0.15, -0.1) is 0 Å². The largest absolute Gasteiger partial charge is 0.493 e. The minimum atomic E-state index is -0.712. The van der Waals surface area contributed by atoms with Crippen LogP contribution in [0.25, 0.3) is 0 Å². The number of carbonyl (C=O) groups is 2. The highest BCUT2D eigenvalue weighted by molar-refractivity contribution is 6.43. The zero-order chi connectivity index (χ0) is 19.3. The predicted octanol–water partition coefficient (Wildman–Crippen LogP) is 4.43. The Bertz CT molecular complexity index is 837. The molecule has 2 aromatic carbocycles. The van der Waals surface area contributed by atoms with Gasteiger partial charge in [0.1, 0.15) is 5.75 Å². The minimum Gasteiger partial charge on any atom is -0.493 e. The third kappa shape index (κ3) is 4.94. The molecule has 0 N–H and O–H groups in total. The third-order valence-corrected chi connectivity index (χ3v) is 4.15. The van der Waals surface area contributed by atoms with E-state index in [2.05, 4.69) is 4.74 Å². The molecule has 138 valence electrons. The van der Waals surface area contributed by atoms with E-state index < -0.39 is 18.5 Å². The number of rotatable bonds is 6. The van der Waals surface area contributed by atoms with Crippen molar-refractivity contribution >= 4 is 46.7 Å². The van der Waals surface area contributed by atoms with Gasteiger partial charge < -0.3 is 18.9 Å². The summed E-state index contributed by atoms with van der Waals surface area (Å²) in [6.07, 6.45) is 0. The Morgan fingerprint density at radius 3 is 2.23 bits per heavy atom. The first kappa shape index (κ1) is 20.2. The molecule has 6 nitrogen and oxygen atoms in total. The molecule has 2 rings (SSSR count). The minimum absolute atomic E-state index is 0.119. The van der Waals surface area contributed by atoms with Gasteiger partial charge in [0, 0.05) is 6.07 Å². The number of benzene rings is 2. The van der Waals surface area contributed by atoms with Crippen molar-refractivity contribution < 1.29 is 28.5 Å². The summed E-state index contributed by atoms with van der Waals surface area (Å²) >= 11 is 17.7. The lowest BCUT2D eigenvalue weighted by molar-refractivity contribution is -0.136. The van der Waals surface area contributed by atoms with E-state index >= 15 is 0 Å². The Kier molecular flexibility index (Phi) is 6.97. The molecule has 0 aliphatic rings. The van der Waals surface area contributed by atoms with E-state index in [-0.39, 0.29) is 37.9 Å². The first-order valence-corrected chi connectivity index (χ1v) is 8.23. The van der Waals surface area contributed by atoms with Crippen LogP contribution in [0.2, 0.25) is 15.1 Å². The van der Waals surface area contributed by atoms with Gasteiger partial charge in [-0.05, 0) is 24.3 Å². The van der Waals surface area contributed by atoms with Crippen LogP contribution in [0.3, 0.4) is 0 Å². The Morgan fingerprint density at radius 2 is 1.58 bits per heavy atom. The SMILES string of the molecule is COC(=O)c1ccc(OC(=O)COc2cc(Cl)c(Cl)cc2Cl)c(OC)c1. The van der Waals surface area contributed by atoms with Crippen molar-refractivity contribution in [3.05, 3.63) is 51.0 Å². The van der Waals surface area contributed by atoms with Crippen LogP contribution in [0.4, 0.5) is 0 Å². The second-order valence-corrected chi connectivity index (χ2v) is 6.04. The summed E-state index contributed by atoms with van der Waals surface area (Å²) in [7, 11) is 2.63. The molecule has 0 fully saturated rings. The maximum atomic E-state index is 12.0. The maximum absolute atomic E-state index is 12.0. The zero-order valence-corrected chi connectivity index (χ0v) is 15.9. The standard InChI is InChI=1S/C17H13Cl3O6/c1-23-15-5-9(17(22)24-2)3-4-13(15)26-16(21)8-25-14-7-11(19)10(18)6-12(14)20/h3-7H,8H2,1-2H3. The van der Waals surface area contributed by atoms with Crippen molar-refractivity contribution in [1.82, 2.24) is 0 Å². The summed E-state index contributed by atoms with van der Waals surface area (Å²) in [5.74, 6) is -0.760. The van der Waals surface area contributed by atoms with Crippen LogP contribution in [0.5, 0.6) is 17.2 Å². The quantitative estimate of drug-likeness (QED) is 0.392. The molecule has 0 atom stereocenters. The van der Waals surface area contributed by atoms with E-state index in [9.17, 15) is 9.59 Å². The maximum Gasteiger partial charge on any atom is 0.349 e. The van der Waals surface area contributed by atoms with Gasteiger partial charge in [0.2, 0.25) is 0 Å². The van der Waals surface area contributed by atoms with E-state index in [1.807, 2.05) is 0 Å². The number of methoxy groups -OCH3 is 2. The smallest absolute Gasteiger partial charge is 0.349 e. The molecule has 0 bridgehead atoms. The van der Waals surface area contributed by atoms with Crippen LogP contribution in [0.1, 0.15) is 10.4 Å². The molecule has 0 aliphatic heterocycles. The molecule has 0 spiro atoms. The van der Waals surface area contributed by atoms with Gasteiger partial charge in [-0.1, -0.05) is 34.8 Å². The number of ether oxygens (including phenoxy) is 4. The number of hydrogen-bond acceptors (Lipinski definition) is 6. The summed E-state index contributed by atoms with van der Waals surface area (Å²) in [5, 5.41) is 0.703. The molecule has 0 saturated carbocycles. The molecule has 0 saturated heterocycles. The molecule has 0 heterocycles. The zero-order valence-electron chi connectivity index (χ0n) is 13.7. The van der Waals surface area contributed by atoms with Crippen molar-refractivity contribution in [1.29, 1.82) is 0 Å². The van der Waals surface area contributed by atoms with Crippen molar-refractivity contribution in [2.24, 2.45) is 0 Å². The number of hydrogen-bond donors (Lipinski definition) is 0. The fourth-order valence-corrected chi connectivity index (χ4v) is 2.49. The average molecular weight is 420 g/mol. The Morgan fingerprint density at radius 1 is 0.885 bits per heavy atom. The number of carbonyl (C=O) groups excluding carboxylic acids is 2. The fraction of sp³-hybridized carbons (Fsp3) is 0.176. The normalized spacial score (nSPS) is 10.2. The van der Waals surface area contributed by atoms with Gasteiger partial charge in [-0.3, -0.25) is 0 Å². The highest BCUT2D eigenvalue weighted by Crippen LogP contribution is 2.34. The first-order chi connectivity index (χ1) is 12.3. The van der Waals surface area contributed by atoms with E-state index in [0.29, 0.717) is 0 Å². The average Bonchev–Trinajstić information content (AvgIpc) is 2.63. The number of halogens is 3. The number of esters is 2. The highest BCUT2D eigenvalue weighted by Gasteiger charge is 2.15. The molecule has 0 amide bonds. The molecule has 0 aromatic heterocycles. The van der Waals surface area contributed by atoms with Gasteiger partial charge >= 0.3 is 11.9 Å². The molecule has 0 radical (unpaired) electrons. The summed E-state index contributed by atoms with van der Waals surface area (Å²) in [6.45, 7) is -0.431. The van der Waals surface area contributed by atoms with Gasteiger partial charge in [0.05, 0.1) is 34.9 Å². The van der Waals surface area contributed by atoms with Gasteiger partial charge in [0.25, 0.3) is 0 Å². The van der Waals surface area contributed by atoms with Crippen molar-refractivity contribution in [2.45, 2.75) is 0 Å². The summed E-state index contributed by atoms with van der Waals surface area (Å²) in [5.41, 5.74) is 0.253. The van der Waals surface area contributed by atoms with Crippen molar-refractivity contribution in [3.8, 4) is 17.2 Å². The van der Waals surface area contributed by atoms with E-state index in [4.69, 9.17) is 49.0 Å². The lowest BCUT2D eigenvalue weighted by Crippen LogP contribution is -2.18. The van der Waals surface area contributed by atoms with Gasteiger partial charge in [-0.25, -0.2) is 9.59 Å². The van der Waals surface area contributed by atoms with Gasteiger partial charge in [0.15, 0.2) is 18.1 Å². The summed E-state index contributed by atoms with van der Waals surface area (Å²) < 4.78 is 20.2. The Labute approximate surface area is 164 Å². The molecular formula is C17H13Cl3O6. The van der Waals surface area contributed by atoms with E-state index in [1.165, 1.54) is 44.6 Å². The molecular weight excluding hydrogens is 407 g/mol. The molecule has 0 aliphatic carbocycles. The van der Waals surface area contributed by atoms with Crippen LogP contribution in [0, 0.1) is 0 Å². The molecule has 0 unspecified atom stereocenters. The van der Waals surface area contributed by atoms with E-state index in [1.54, 1.807) is 0 Å². The van der Waals surface area contributed by atoms with Crippen LogP contribution >= 0.6 is 34.8 Å². The Hall–Kier alpha value is -2.15. The van der Waals surface area contributed by atoms with Crippen LogP contribution in [-0.4, -0.2) is 32.8 Å².